The number of rotatable bonds is 5. The van der Waals surface area contributed by atoms with Gasteiger partial charge in [-0.05, 0) is 24.8 Å². The van der Waals surface area contributed by atoms with Gasteiger partial charge in [-0.25, -0.2) is 0 Å². The van der Waals surface area contributed by atoms with Crippen molar-refractivity contribution >= 4 is 16.8 Å². The normalized spacial score (nSPS) is 15.4. The average Bonchev–Trinajstić information content (AvgIpc) is 2.78. The molecule has 0 unspecified atom stereocenters. The fourth-order valence-corrected chi connectivity index (χ4v) is 2.45. The quantitative estimate of drug-likeness (QED) is 0.893. The van der Waals surface area contributed by atoms with Gasteiger partial charge in [-0.15, -0.1) is 0 Å². The Kier molecular flexibility index (Phi) is 3.49. The van der Waals surface area contributed by atoms with Crippen molar-refractivity contribution in [2.75, 3.05) is 6.54 Å². The number of nitrogens with zero attached hydrogens (tertiary/aromatic N) is 2. The van der Waals surface area contributed by atoms with Gasteiger partial charge in [-0.2, -0.15) is 5.10 Å². The molecule has 0 aliphatic heterocycles. The van der Waals surface area contributed by atoms with Crippen molar-refractivity contribution in [1.29, 1.82) is 0 Å². The summed E-state index contributed by atoms with van der Waals surface area (Å²) < 4.78 is 1.90. The Labute approximate surface area is 112 Å². The van der Waals surface area contributed by atoms with Crippen LogP contribution in [0.5, 0.6) is 0 Å². The molecule has 1 N–H and O–H groups in total. The summed E-state index contributed by atoms with van der Waals surface area (Å²) in [5, 5.41) is 8.46. The molecule has 1 fully saturated rings. The van der Waals surface area contributed by atoms with Gasteiger partial charge in [0.05, 0.1) is 18.3 Å². The van der Waals surface area contributed by atoms with Crippen LogP contribution >= 0.6 is 0 Å². The van der Waals surface area contributed by atoms with E-state index in [9.17, 15) is 4.79 Å². The third-order valence-corrected chi connectivity index (χ3v) is 3.91. The number of hydrogen-bond donors (Lipinski definition) is 1. The molecule has 0 saturated heterocycles. The molecule has 1 aromatic carbocycles. The third-order valence-electron chi connectivity index (χ3n) is 3.91. The van der Waals surface area contributed by atoms with Crippen molar-refractivity contribution in [3.8, 4) is 0 Å². The Bertz CT molecular complexity index is 572. The summed E-state index contributed by atoms with van der Waals surface area (Å²) in [4.78, 5) is 11.8. The fraction of sp³-hybridized carbons (Fsp3) is 0.467. The number of aromatic nitrogens is 2. The molecule has 4 nitrogen and oxygen atoms in total. The van der Waals surface area contributed by atoms with Crippen LogP contribution in [-0.4, -0.2) is 22.2 Å². The number of amides is 1. The second-order valence-corrected chi connectivity index (χ2v) is 5.28. The van der Waals surface area contributed by atoms with Crippen LogP contribution in [0.3, 0.4) is 0 Å². The lowest BCUT2D eigenvalue weighted by molar-refractivity contribution is -0.121. The van der Waals surface area contributed by atoms with Gasteiger partial charge >= 0.3 is 0 Å². The Balaban J connectivity index is 1.52. The first-order valence-corrected chi connectivity index (χ1v) is 7.00. The molecule has 2 aromatic rings. The van der Waals surface area contributed by atoms with E-state index in [4.69, 9.17) is 0 Å². The van der Waals surface area contributed by atoms with Crippen LogP contribution in [0, 0.1) is 5.92 Å². The lowest BCUT2D eigenvalue weighted by Crippen LogP contribution is -2.32. The summed E-state index contributed by atoms with van der Waals surface area (Å²) in [6.07, 6.45) is 6.20. The number of fused-ring (bicyclic) bond motifs is 1. The summed E-state index contributed by atoms with van der Waals surface area (Å²) in [6, 6.07) is 8.07. The van der Waals surface area contributed by atoms with Crippen molar-refractivity contribution in [2.45, 2.75) is 32.2 Å². The second kappa shape index (κ2) is 5.43. The van der Waals surface area contributed by atoms with E-state index >= 15 is 0 Å². The van der Waals surface area contributed by atoms with Crippen LogP contribution in [0.4, 0.5) is 0 Å². The van der Waals surface area contributed by atoms with Crippen molar-refractivity contribution in [2.24, 2.45) is 5.92 Å². The molecular weight excluding hydrogens is 238 g/mol. The molecule has 0 spiro atoms. The third kappa shape index (κ3) is 2.78. The lowest BCUT2D eigenvalue weighted by atomic mass is 9.85. The van der Waals surface area contributed by atoms with E-state index in [1.165, 1.54) is 19.3 Å². The maximum absolute atomic E-state index is 11.8. The number of carbonyl (C=O) groups is 1. The molecule has 1 aromatic heterocycles. The molecule has 4 heteroatoms. The number of carbonyl (C=O) groups excluding carboxylic acids is 1. The largest absolute Gasteiger partial charge is 0.356 e. The maximum atomic E-state index is 11.8. The molecule has 1 aliphatic carbocycles. The van der Waals surface area contributed by atoms with Crippen LogP contribution in [0.2, 0.25) is 0 Å². The predicted octanol–water partition coefficient (Wildman–Crippen LogP) is 2.34. The highest BCUT2D eigenvalue weighted by Crippen LogP contribution is 2.25. The van der Waals surface area contributed by atoms with Gasteiger partial charge in [0.1, 0.15) is 0 Å². The molecule has 1 amide bonds. The SMILES string of the molecule is O=C(CCn1ncc2ccccc21)NCC1CCC1. The number of para-hydroxylation sites is 1. The first kappa shape index (κ1) is 12.2. The highest BCUT2D eigenvalue weighted by molar-refractivity contribution is 5.79. The van der Waals surface area contributed by atoms with Gasteiger partial charge in [-0.1, -0.05) is 24.6 Å². The molecule has 0 radical (unpaired) electrons. The molecular formula is C15H19N3O. The molecule has 0 atom stereocenters. The van der Waals surface area contributed by atoms with E-state index < -0.39 is 0 Å². The average molecular weight is 257 g/mol. The number of benzene rings is 1. The molecule has 19 heavy (non-hydrogen) atoms. The summed E-state index contributed by atoms with van der Waals surface area (Å²) in [7, 11) is 0. The van der Waals surface area contributed by atoms with Gasteiger partial charge in [0.15, 0.2) is 0 Å². The standard InChI is InChI=1S/C15H19N3O/c19-15(16-10-12-4-3-5-12)8-9-18-14-7-2-1-6-13(14)11-17-18/h1-2,6-7,11-12H,3-5,8-10H2,(H,16,19). The summed E-state index contributed by atoms with van der Waals surface area (Å²) in [5.74, 6) is 0.848. The molecule has 1 saturated carbocycles. The van der Waals surface area contributed by atoms with Gasteiger partial charge in [0.25, 0.3) is 0 Å². The number of nitrogens with one attached hydrogen (secondary N) is 1. The molecule has 1 aliphatic rings. The van der Waals surface area contributed by atoms with Crippen LogP contribution in [0.25, 0.3) is 10.9 Å². The second-order valence-electron chi connectivity index (χ2n) is 5.28. The zero-order chi connectivity index (χ0) is 13.1. The van der Waals surface area contributed by atoms with Crippen molar-refractivity contribution in [1.82, 2.24) is 15.1 Å². The summed E-state index contributed by atoms with van der Waals surface area (Å²) >= 11 is 0. The van der Waals surface area contributed by atoms with E-state index in [0.717, 1.165) is 23.4 Å². The minimum absolute atomic E-state index is 0.131. The Hall–Kier alpha value is -1.84. The molecule has 0 bridgehead atoms. The van der Waals surface area contributed by atoms with Gasteiger partial charge < -0.3 is 5.32 Å². The molecule has 100 valence electrons. The number of hydrogen-bond acceptors (Lipinski definition) is 2. The lowest BCUT2D eigenvalue weighted by Gasteiger charge is -2.25. The smallest absolute Gasteiger partial charge is 0.221 e. The van der Waals surface area contributed by atoms with Crippen molar-refractivity contribution < 1.29 is 4.79 Å². The van der Waals surface area contributed by atoms with E-state index in [1.807, 2.05) is 35.1 Å². The summed E-state index contributed by atoms with van der Waals surface area (Å²) in [6.45, 7) is 1.49. The minimum Gasteiger partial charge on any atom is -0.356 e. The van der Waals surface area contributed by atoms with Crippen LogP contribution in [0.1, 0.15) is 25.7 Å². The Morgan fingerprint density at radius 1 is 1.37 bits per heavy atom. The zero-order valence-corrected chi connectivity index (χ0v) is 11.0. The van der Waals surface area contributed by atoms with Gasteiger partial charge in [0.2, 0.25) is 5.91 Å². The van der Waals surface area contributed by atoms with E-state index in [-0.39, 0.29) is 5.91 Å². The molecule has 3 rings (SSSR count). The minimum atomic E-state index is 0.131. The fourth-order valence-electron chi connectivity index (χ4n) is 2.45. The van der Waals surface area contributed by atoms with Gasteiger partial charge in [0, 0.05) is 18.4 Å². The first-order valence-electron chi connectivity index (χ1n) is 7.00. The van der Waals surface area contributed by atoms with E-state index in [2.05, 4.69) is 10.4 Å². The maximum Gasteiger partial charge on any atom is 0.221 e. The Morgan fingerprint density at radius 2 is 2.21 bits per heavy atom. The first-order chi connectivity index (χ1) is 9.33. The van der Waals surface area contributed by atoms with Crippen LogP contribution < -0.4 is 5.32 Å². The van der Waals surface area contributed by atoms with E-state index in [1.54, 1.807) is 0 Å². The molecule has 1 heterocycles. The van der Waals surface area contributed by atoms with Crippen LogP contribution in [0.15, 0.2) is 30.5 Å². The van der Waals surface area contributed by atoms with Gasteiger partial charge in [-0.3, -0.25) is 9.48 Å². The predicted molar refractivity (Wildman–Crippen MR) is 74.7 cm³/mol. The highest BCUT2D eigenvalue weighted by Gasteiger charge is 2.17. The zero-order valence-electron chi connectivity index (χ0n) is 11.0. The monoisotopic (exact) mass is 257 g/mol. The topological polar surface area (TPSA) is 46.9 Å². The summed E-state index contributed by atoms with van der Waals surface area (Å²) in [5.41, 5.74) is 1.09. The Morgan fingerprint density at radius 3 is 3.00 bits per heavy atom. The van der Waals surface area contributed by atoms with Crippen LogP contribution in [-0.2, 0) is 11.3 Å². The van der Waals surface area contributed by atoms with Crippen molar-refractivity contribution in [3.63, 3.8) is 0 Å². The highest BCUT2D eigenvalue weighted by atomic mass is 16.1. The number of aryl methyl sites for hydroxylation is 1. The van der Waals surface area contributed by atoms with Crippen molar-refractivity contribution in [3.05, 3.63) is 30.5 Å². The van der Waals surface area contributed by atoms with E-state index in [0.29, 0.717) is 13.0 Å².